The van der Waals surface area contributed by atoms with Gasteiger partial charge in [-0.2, -0.15) is 0 Å². The van der Waals surface area contributed by atoms with Crippen molar-refractivity contribution in [2.45, 2.75) is 75.9 Å². The summed E-state index contributed by atoms with van der Waals surface area (Å²) in [4.78, 5) is 2.60. The van der Waals surface area contributed by atoms with Crippen molar-refractivity contribution in [3.8, 4) is 0 Å². The molecule has 5 heteroatoms. The van der Waals surface area contributed by atoms with Crippen LogP contribution in [0.1, 0.15) is 46.0 Å². The van der Waals surface area contributed by atoms with Crippen LogP contribution in [0.2, 0.25) is 0 Å². The van der Waals surface area contributed by atoms with E-state index in [1.807, 2.05) is 0 Å². The third-order valence-electron chi connectivity index (χ3n) is 10.7. The summed E-state index contributed by atoms with van der Waals surface area (Å²) < 4.78 is 5.79. The van der Waals surface area contributed by atoms with E-state index in [-0.39, 0.29) is 52.8 Å². The molecule has 1 spiro atoms. The van der Waals surface area contributed by atoms with Crippen molar-refractivity contribution in [1.82, 2.24) is 4.90 Å². The van der Waals surface area contributed by atoms with Crippen molar-refractivity contribution in [3.63, 3.8) is 0 Å². The van der Waals surface area contributed by atoms with Gasteiger partial charge in [0.1, 0.15) is 0 Å². The molecule has 7 bridgehead atoms. The van der Waals surface area contributed by atoms with Gasteiger partial charge < -0.3 is 20.1 Å². The Hall–Kier alpha value is -0.200. The molecule has 5 aliphatic carbocycles. The van der Waals surface area contributed by atoms with Crippen LogP contribution in [0.5, 0.6) is 0 Å². The summed E-state index contributed by atoms with van der Waals surface area (Å²) in [7, 11) is 1.73. The first kappa shape index (κ1) is 17.6. The lowest BCUT2D eigenvalue weighted by atomic mass is 9.43. The molecular formula is C22H35NO4. The molecule has 0 aromatic heterocycles. The van der Waals surface area contributed by atoms with Gasteiger partial charge in [-0.05, 0) is 49.5 Å². The van der Waals surface area contributed by atoms with E-state index < -0.39 is 11.7 Å². The molecule has 6 fully saturated rings. The first-order valence-corrected chi connectivity index (χ1v) is 11.2. The number of rotatable bonds is 2. The maximum Gasteiger partial charge on any atom is 0.0771 e. The highest BCUT2D eigenvalue weighted by Crippen LogP contribution is 2.78. The molecule has 0 amide bonds. The number of aliphatic hydroxyl groups excluding tert-OH is 2. The smallest absolute Gasteiger partial charge is 0.0771 e. The minimum Gasteiger partial charge on any atom is -0.392 e. The highest BCUT2D eigenvalue weighted by Gasteiger charge is 2.82. The zero-order chi connectivity index (χ0) is 18.9. The number of fused-ring (bicyclic) bond motifs is 2. The molecule has 1 aliphatic heterocycles. The first-order valence-electron chi connectivity index (χ1n) is 11.2. The van der Waals surface area contributed by atoms with E-state index in [1.165, 1.54) is 0 Å². The molecule has 0 radical (unpaired) electrons. The zero-order valence-corrected chi connectivity index (χ0v) is 16.8. The lowest BCUT2D eigenvalue weighted by Crippen LogP contribution is -2.75. The molecule has 12 atom stereocenters. The predicted octanol–water partition coefficient (Wildman–Crippen LogP) is 1.25. The van der Waals surface area contributed by atoms with Crippen LogP contribution in [-0.2, 0) is 4.74 Å². The fraction of sp³-hybridized carbons (Fsp3) is 1.00. The van der Waals surface area contributed by atoms with E-state index in [9.17, 15) is 15.3 Å². The molecule has 5 saturated carbocycles. The Labute approximate surface area is 162 Å². The average molecular weight is 378 g/mol. The van der Waals surface area contributed by atoms with Crippen molar-refractivity contribution in [2.75, 3.05) is 20.2 Å². The Morgan fingerprint density at radius 2 is 1.96 bits per heavy atom. The third-order valence-corrected chi connectivity index (χ3v) is 10.7. The maximum absolute atomic E-state index is 12.1. The topological polar surface area (TPSA) is 73.2 Å². The van der Waals surface area contributed by atoms with Crippen LogP contribution in [-0.4, -0.2) is 70.4 Å². The Morgan fingerprint density at radius 3 is 2.67 bits per heavy atom. The zero-order valence-electron chi connectivity index (χ0n) is 16.8. The minimum absolute atomic E-state index is 0.0657. The van der Waals surface area contributed by atoms with Crippen molar-refractivity contribution < 1.29 is 20.1 Å². The molecule has 1 heterocycles. The molecule has 0 aromatic carbocycles. The largest absolute Gasteiger partial charge is 0.392 e. The quantitative estimate of drug-likeness (QED) is 0.676. The summed E-state index contributed by atoms with van der Waals surface area (Å²) in [6.07, 6.45) is 3.66. The number of hydrogen-bond acceptors (Lipinski definition) is 5. The number of methoxy groups -OCH3 is 1. The van der Waals surface area contributed by atoms with Crippen molar-refractivity contribution in [3.05, 3.63) is 0 Å². The molecule has 3 N–H and O–H groups in total. The first-order chi connectivity index (χ1) is 12.8. The number of aliphatic hydroxyl groups is 3. The molecular weight excluding hydrogens is 342 g/mol. The number of likely N-dealkylation sites (tertiary alicyclic amines) is 1. The molecule has 152 valence electrons. The van der Waals surface area contributed by atoms with Gasteiger partial charge in [-0.3, -0.25) is 4.90 Å². The number of piperidine rings is 1. The van der Waals surface area contributed by atoms with E-state index in [2.05, 4.69) is 18.7 Å². The number of nitrogens with zero attached hydrogens (tertiary/aromatic N) is 1. The van der Waals surface area contributed by atoms with Crippen LogP contribution in [0.4, 0.5) is 0 Å². The highest BCUT2D eigenvalue weighted by atomic mass is 16.5. The lowest BCUT2D eigenvalue weighted by molar-refractivity contribution is -0.266. The van der Waals surface area contributed by atoms with Gasteiger partial charge in [0.2, 0.25) is 0 Å². The van der Waals surface area contributed by atoms with Crippen LogP contribution in [0.3, 0.4) is 0 Å². The third kappa shape index (κ3) is 1.66. The fourth-order valence-corrected chi connectivity index (χ4v) is 10.1. The second-order valence-corrected chi connectivity index (χ2v) is 11.1. The molecule has 1 saturated heterocycles. The van der Waals surface area contributed by atoms with Gasteiger partial charge in [0.05, 0.1) is 23.9 Å². The van der Waals surface area contributed by atoms with Gasteiger partial charge >= 0.3 is 0 Å². The van der Waals surface area contributed by atoms with E-state index in [4.69, 9.17) is 4.74 Å². The van der Waals surface area contributed by atoms with Crippen LogP contribution < -0.4 is 0 Å². The number of hydrogen-bond donors (Lipinski definition) is 3. The second kappa shape index (κ2) is 5.10. The standard InChI is InChI=1S/C22H35NO4/c1-4-23-10-20(2)6-5-16(24)22-12-7-11-14(27-3)9-21(26,17(12)18(11)25)13(19(22)23)8-15(20)22/h11-19,24-26H,4-10H2,1-3H3/t11-,12?,13?,14+,15?,16+,17?,18?,19-,20+,21+,22?/m1/s1. The van der Waals surface area contributed by atoms with E-state index in [0.717, 1.165) is 38.8 Å². The fourth-order valence-electron chi connectivity index (χ4n) is 10.1. The van der Waals surface area contributed by atoms with Crippen molar-refractivity contribution >= 4 is 0 Å². The van der Waals surface area contributed by atoms with E-state index in [0.29, 0.717) is 12.3 Å². The summed E-state index contributed by atoms with van der Waals surface area (Å²) in [6.45, 7) is 6.74. The van der Waals surface area contributed by atoms with Gasteiger partial charge in [-0.15, -0.1) is 0 Å². The van der Waals surface area contributed by atoms with Crippen molar-refractivity contribution in [1.29, 1.82) is 0 Å². The second-order valence-electron chi connectivity index (χ2n) is 11.1. The van der Waals surface area contributed by atoms with Gasteiger partial charge in [-0.25, -0.2) is 0 Å². The molecule has 6 rings (SSSR count). The molecule has 5 nitrogen and oxygen atoms in total. The predicted molar refractivity (Wildman–Crippen MR) is 99.9 cm³/mol. The van der Waals surface area contributed by atoms with E-state index >= 15 is 0 Å². The maximum atomic E-state index is 12.1. The van der Waals surface area contributed by atoms with Gasteiger partial charge in [0, 0.05) is 49.3 Å². The average Bonchev–Trinajstić information content (AvgIpc) is 3.07. The summed E-state index contributed by atoms with van der Waals surface area (Å²) >= 11 is 0. The summed E-state index contributed by atoms with van der Waals surface area (Å²) in [6, 6.07) is 0.253. The van der Waals surface area contributed by atoms with Crippen LogP contribution in [0, 0.1) is 40.4 Å². The highest BCUT2D eigenvalue weighted by molar-refractivity contribution is 5.32. The SMILES string of the molecule is CCN1C[C@]2(C)CC[C@H](O)C34C5C[C@H]6C(O)C5[C@](O)(C[C@@H]6OC)C(CC32)[C@@H]14. The molecule has 6 aliphatic rings. The van der Waals surface area contributed by atoms with Crippen LogP contribution in [0.25, 0.3) is 0 Å². The summed E-state index contributed by atoms with van der Waals surface area (Å²) in [5, 5.41) is 34.9. The lowest BCUT2D eigenvalue weighted by Gasteiger charge is -2.68. The number of ether oxygens (including phenoxy) is 1. The van der Waals surface area contributed by atoms with Gasteiger partial charge in [-0.1, -0.05) is 13.8 Å². The van der Waals surface area contributed by atoms with Gasteiger partial charge in [0.25, 0.3) is 0 Å². The molecule has 0 aromatic rings. The summed E-state index contributed by atoms with van der Waals surface area (Å²) in [5.74, 6) is 0.840. The minimum atomic E-state index is -0.858. The Morgan fingerprint density at radius 1 is 1.19 bits per heavy atom. The van der Waals surface area contributed by atoms with Crippen molar-refractivity contribution in [2.24, 2.45) is 40.4 Å². The normalized spacial score (nSPS) is 66.2. The Kier molecular flexibility index (Phi) is 3.33. The molecule has 27 heavy (non-hydrogen) atoms. The van der Waals surface area contributed by atoms with E-state index in [1.54, 1.807) is 7.11 Å². The monoisotopic (exact) mass is 377 g/mol. The van der Waals surface area contributed by atoms with Gasteiger partial charge in [0.15, 0.2) is 0 Å². The Balaban J connectivity index is 1.59. The van der Waals surface area contributed by atoms with Crippen LogP contribution in [0.15, 0.2) is 0 Å². The summed E-state index contributed by atoms with van der Waals surface area (Å²) in [5.41, 5.74) is -0.788. The Bertz CT molecular complexity index is 673. The van der Waals surface area contributed by atoms with Crippen LogP contribution >= 0.6 is 0 Å². The molecule has 6 unspecified atom stereocenters.